The number of aryl methyl sites for hydroxylation is 1. The quantitative estimate of drug-likeness (QED) is 0.814. The standard InChI is InChI=1S/C7H9F3N2S/c1-4-12-6(3-13-4)5(11)2-7(8,9)10/h3,5H,2,11H2,1H3. The summed E-state index contributed by atoms with van der Waals surface area (Å²) in [6.45, 7) is 1.73. The second-order valence-electron chi connectivity index (χ2n) is 2.72. The van der Waals surface area contributed by atoms with Crippen molar-refractivity contribution in [3.63, 3.8) is 0 Å². The van der Waals surface area contributed by atoms with E-state index in [1.165, 1.54) is 11.3 Å². The van der Waals surface area contributed by atoms with Crippen LogP contribution in [0.2, 0.25) is 0 Å². The van der Waals surface area contributed by atoms with Gasteiger partial charge in [-0.25, -0.2) is 4.98 Å². The Kier molecular flexibility index (Phi) is 2.92. The van der Waals surface area contributed by atoms with E-state index in [1.54, 1.807) is 12.3 Å². The van der Waals surface area contributed by atoms with Gasteiger partial charge in [0.15, 0.2) is 0 Å². The monoisotopic (exact) mass is 210 g/mol. The molecule has 1 rings (SSSR count). The lowest BCUT2D eigenvalue weighted by Crippen LogP contribution is -2.20. The summed E-state index contributed by atoms with van der Waals surface area (Å²) in [5.41, 5.74) is 5.64. The summed E-state index contributed by atoms with van der Waals surface area (Å²) >= 11 is 1.30. The molecule has 0 amide bonds. The minimum Gasteiger partial charge on any atom is -0.322 e. The number of rotatable bonds is 2. The van der Waals surface area contributed by atoms with Gasteiger partial charge < -0.3 is 5.73 Å². The van der Waals surface area contributed by atoms with E-state index in [4.69, 9.17) is 5.73 Å². The molecule has 2 N–H and O–H groups in total. The van der Waals surface area contributed by atoms with E-state index >= 15 is 0 Å². The maximum absolute atomic E-state index is 11.9. The molecule has 1 heterocycles. The number of hydrogen-bond acceptors (Lipinski definition) is 3. The van der Waals surface area contributed by atoms with E-state index in [0.717, 1.165) is 5.01 Å². The van der Waals surface area contributed by atoms with Crippen molar-refractivity contribution >= 4 is 11.3 Å². The molecule has 0 radical (unpaired) electrons. The highest BCUT2D eigenvalue weighted by molar-refractivity contribution is 7.09. The number of aromatic nitrogens is 1. The molecule has 13 heavy (non-hydrogen) atoms. The Labute approximate surface area is 77.6 Å². The predicted octanol–water partition coefficient (Wildman–Crippen LogP) is 2.40. The van der Waals surface area contributed by atoms with Crippen LogP contribution in [0.4, 0.5) is 13.2 Å². The first-order valence-corrected chi connectivity index (χ1v) is 4.51. The fraction of sp³-hybridized carbons (Fsp3) is 0.571. The van der Waals surface area contributed by atoms with Gasteiger partial charge in [0.05, 0.1) is 23.2 Å². The Morgan fingerprint density at radius 1 is 1.62 bits per heavy atom. The number of nitrogens with two attached hydrogens (primary N) is 1. The van der Waals surface area contributed by atoms with E-state index in [0.29, 0.717) is 5.69 Å². The van der Waals surface area contributed by atoms with Gasteiger partial charge in [0.1, 0.15) is 0 Å². The highest BCUT2D eigenvalue weighted by atomic mass is 32.1. The molecule has 6 heteroatoms. The Bertz CT molecular complexity index is 282. The maximum Gasteiger partial charge on any atom is 0.390 e. The highest BCUT2D eigenvalue weighted by Gasteiger charge is 2.31. The summed E-state index contributed by atoms with van der Waals surface area (Å²) in [6.07, 6.45) is -5.24. The molecule has 0 aliphatic heterocycles. The van der Waals surface area contributed by atoms with Crippen molar-refractivity contribution in [3.05, 3.63) is 16.1 Å². The fourth-order valence-corrected chi connectivity index (χ4v) is 1.58. The van der Waals surface area contributed by atoms with Crippen LogP contribution in [0.3, 0.4) is 0 Å². The number of hydrogen-bond donors (Lipinski definition) is 1. The second kappa shape index (κ2) is 3.63. The van der Waals surface area contributed by atoms with Crippen LogP contribution in [0.1, 0.15) is 23.2 Å². The maximum atomic E-state index is 11.9. The number of thiazole rings is 1. The van der Waals surface area contributed by atoms with Crippen LogP contribution in [0, 0.1) is 6.92 Å². The Balaban J connectivity index is 2.64. The Hall–Kier alpha value is -0.620. The third-order valence-corrected chi connectivity index (χ3v) is 2.26. The summed E-state index contributed by atoms with van der Waals surface area (Å²) in [5, 5.41) is 2.29. The van der Waals surface area contributed by atoms with Crippen LogP contribution in [0.15, 0.2) is 5.38 Å². The minimum absolute atomic E-state index is 0.319. The molecule has 74 valence electrons. The third kappa shape index (κ3) is 3.31. The van der Waals surface area contributed by atoms with Crippen molar-refractivity contribution in [1.29, 1.82) is 0 Å². The molecular formula is C7H9F3N2S. The Morgan fingerprint density at radius 3 is 2.62 bits per heavy atom. The lowest BCUT2D eigenvalue weighted by molar-refractivity contribution is -0.138. The van der Waals surface area contributed by atoms with Gasteiger partial charge in [0.25, 0.3) is 0 Å². The molecule has 1 aromatic rings. The van der Waals surface area contributed by atoms with Crippen molar-refractivity contribution in [3.8, 4) is 0 Å². The molecule has 0 aliphatic carbocycles. The largest absolute Gasteiger partial charge is 0.390 e. The molecule has 0 saturated heterocycles. The van der Waals surface area contributed by atoms with Gasteiger partial charge >= 0.3 is 6.18 Å². The molecule has 0 fully saturated rings. The fourth-order valence-electron chi connectivity index (χ4n) is 0.904. The predicted molar refractivity (Wildman–Crippen MR) is 44.5 cm³/mol. The van der Waals surface area contributed by atoms with Gasteiger partial charge in [0.2, 0.25) is 0 Å². The van der Waals surface area contributed by atoms with Crippen LogP contribution in [-0.4, -0.2) is 11.2 Å². The van der Waals surface area contributed by atoms with Gasteiger partial charge in [-0.2, -0.15) is 13.2 Å². The summed E-state index contributed by atoms with van der Waals surface area (Å²) in [5.74, 6) is 0. The number of nitrogens with zero attached hydrogens (tertiary/aromatic N) is 1. The molecular weight excluding hydrogens is 201 g/mol. The third-order valence-electron chi connectivity index (χ3n) is 1.47. The van der Waals surface area contributed by atoms with Crippen LogP contribution in [0.25, 0.3) is 0 Å². The number of alkyl halides is 3. The summed E-state index contributed by atoms with van der Waals surface area (Å²) in [4.78, 5) is 3.89. The van der Waals surface area contributed by atoms with Crippen molar-refractivity contribution in [2.24, 2.45) is 5.73 Å². The zero-order chi connectivity index (χ0) is 10.1. The first-order chi connectivity index (χ1) is 5.88. The zero-order valence-corrected chi connectivity index (χ0v) is 7.75. The minimum atomic E-state index is -4.23. The van der Waals surface area contributed by atoms with Gasteiger partial charge in [0, 0.05) is 5.38 Å². The SMILES string of the molecule is Cc1nc(C(N)CC(F)(F)F)cs1. The molecule has 0 aromatic carbocycles. The number of halogens is 3. The molecule has 1 atom stereocenters. The molecule has 2 nitrogen and oxygen atoms in total. The average Bonchev–Trinajstić information content (AvgIpc) is 2.31. The normalized spacial score (nSPS) is 14.5. The van der Waals surface area contributed by atoms with Crippen molar-refractivity contribution in [1.82, 2.24) is 4.98 Å². The van der Waals surface area contributed by atoms with Crippen LogP contribution >= 0.6 is 11.3 Å². The average molecular weight is 210 g/mol. The van der Waals surface area contributed by atoms with Crippen molar-refractivity contribution < 1.29 is 13.2 Å². The van der Waals surface area contributed by atoms with E-state index in [-0.39, 0.29) is 0 Å². The smallest absolute Gasteiger partial charge is 0.322 e. The van der Waals surface area contributed by atoms with E-state index in [1.807, 2.05) is 0 Å². The Morgan fingerprint density at radius 2 is 2.23 bits per heavy atom. The highest BCUT2D eigenvalue weighted by Crippen LogP contribution is 2.28. The van der Waals surface area contributed by atoms with Gasteiger partial charge in [-0.05, 0) is 6.92 Å². The van der Waals surface area contributed by atoms with Crippen molar-refractivity contribution in [2.75, 3.05) is 0 Å². The van der Waals surface area contributed by atoms with E-state index in [9.17, 15) is 13.2 Å². The topological polar surface area (TPSA) is 38.9 Å². The van der Waals surface area contributed by atoms with Gasteiger partial charge in [-0.1, -0.05) is 0 Å². The second-order valence-corrected chi connectivity index (χ2v) is 3.78. The van der Waals surface area contributed by atoms with Crippen molar-refractivity contribution in [2.45, 2.75) is 25.6 Å². The summed E-state index contributed by atoms with van der Waals surface area (Å²) < 4.78 is 35.7. The van der Waals surface area contributed by atoms with Gasteiger partial charge in [-0.3, -0.25) is 0 Å². The van der Waals surface area contributed by atoms with Crippen LogP contribution in [0.5, 0.6) is 0 Å². The lowest BCUT2D eigenvalue weighted by Gasteiger charge is -2.11. The molecule has 1 unspecified atom stereocenters. The summed E-state index contributed by atoms with van der Waals surface area (Å²) in [7, 11) is 0. The first kappa shape index (κ1) is 10.5. The van der Waals surface area contributed by atoms with Gasteiger partial charge in [-0.15, -0.1) is 11.3 Å². The first-order valence-electron chi connectivity index (χ1n) is 3.63. The van der Waals surface area contributed by atoms with E-state index in [2.05, 4.69) is 4.98 Å². The molecule has 0 saturated carbocycles. The lowest BCUT2D eigenvalue weighted by atomic mass is 10.2. The summed E-state index contributed by atoms with van der Waals surface area (Å²) in [6, 6.07) is -1.04. The van der Waals surface area contributed by atoms with Crippen LogP contribution in [-0.2, 0) is 0 Å². The molecule has 1 aromatic heterocycles. The molecule has 0 bridgehead atoms. The zero-order valence-electron chi connectivity index (χ0n) is 6.93. The molecule has 0 aliphatic rings. The van der Waals surface area contributed by atoms with Crippen LogP contribution < -0.4 is 5.73 Å². The van der Waals surface area contributed by atoms with E-state index < -0.39 is 18.6 Å². The molecule has 0 spiro atoms.